The van der Waals surface area contributed by atoms with Gasteiger partial charge in [0.25, 0.3) is 0 Å². The first kappa shape index (κ1) is 17.8. The average Bonchev–Trinajstić information content (AvgIpc) is 2.92. The normalized spacial score (nSPS) is 17.0. The number of rotatable bonds is 6. The van der Waals surface area contributed by atoms with E-state index in [1.807, 2.05) is 19.2 Å². The number of hydrogen-bond donors (Lipinski definition) is 2. The van der Waals surface area contributed by atoms with Crippen molar-refractivity contribution < 1.29 is 14.3 Å². The van der Waals surface area contributed by atoms with E-state index in [2.05, 4.69) is 20.5 Å². The summed E-state index contributed by atoms with van der Waals surface area (Å²) in [6, 6.07) is -0.556. The number of amides is 2. The van der Waals surface area contributed by atoms with Crippen LogP contribution >= 0.6 is 11.3 Å². The number of thiazole rings is 1. The van der Waals surface area contributed by atoms with Gasteiger partial charge in [0.05, 0.1) is 18.9 Å². The summed E-state index contributed by atoms with van der Waals surface area (Å²) in [6.45, 7) is 9.26. The highest BCUT2D eigenvalue weighted by Gasteiger charge is 2.24. The van der Waals surface area contributed by atoms with Crippen molar-refractivity contribution in [3.8, 4) is 0 Å². The van der Waals surface area contributed by atoms with Crippen molar-refractivity contribution in [2.75, 3.05) is 31.6 Å². The van der Waals surface area contributed by atoms with Gasteiger partial charge in [0.15, 0.2) is 5.13 Å². The fourth-order valence-corrected chi connectivity index (χ4v) is 3.07. The first-order valence-electron chi connectivity index (χ1n) is 7.78. The second-order valence-electron chi connectivity index (χ2n) is 5.94. The lowest BCUT2D eigenvalue weighted by Crippen LogP contribution is -2.46. The Kier molecular flexibility index (Phi) is 6.49. The van der Waals surface area contributed by atoms with Crippen molar-refractivity contribution in [2.24, 2.45) is 5.92 Å². The second-order valence-corrected chi connectivity index (χ2v) is 6.80. The van der Waals surface area contributed by atoms with Crippen molar-refractivity contribution in [3.05, 3.63) is 11.1 Å². The number of hydrogen-bond acceptors (Lipinski definition) is 6. The summed E-state index contributed by atoms with van der Waals surface area (Å²) in [5.74, 6) is -0.444. The van der Waals surface area contributed by atoms with Gasteiger partial charge in [0.2, 0.25) is 11.8 Å². The maximum atomic E-state index is 12.3. The van der Waals surface area contributed by atoms with E-state index in [4.69, 9.17) is 4.74 Å². The van der Waals surface area contributed by atoms with Crippen molar-refractivity contribution in [1.82, 2.24) is 15.2 Å². The molecule has 1 saturated heterocycles. The van der Waals surface area contributed by atoms with E-state index < -0.39 is 6.04 Å². The Morgan fingerprint density at radius 1 is 1.39 bits per heavy atom. The minimum absolute atomic E-state index is 0.00619. The maximum Gasteiger partial charge on any atom is 0.248 e. The topological polar surface area (TPSA) is 83.6 Å². The number of morpholine rings is 1. The minimum atomic E-state index is -0.556. The first-order valence-corrected chi connectivity index (χ1v) is 8.66. The van der Waals surface area contributed by atoms with Crippen LogP contribution in [-0.2, 0) is 20.9 Å². The van der Waals surface area contributed by atoms with Gasteiger partial charge in [-0.2, -0.15) is 0 Å². The Hall–Kier alpha value is -1.51. The largest absolute Gasteiger partial charge is 0.379 e. The summed E-state index contributed by atoms with van der Waals surface area (Å²) >= 11 is 1.40. The summed E-state index contributed by atoms with van der Waals surface area (Å²) in [4.78, 5) is 30.3. The SMILES string of the molecule is CC(=O)N[C@H](C(=O)Nc1nc(CN2CCOCC2)cs1)C(C)C. The Labute approximate surface area is 140 Å². The van der Waals surface area contributed by atoms with Gasteiger partial charge in [0.1, 0.15) is 6.04 Å². The quantitative estimate of drug-likeness (QED) is 0.809. The molecule has 0 bridgehead atoms. The molecule has 2 rings (SSSR count). The molecule has 2 amide bonds. The Balaban J connectivity index is 1.91. The monoisotopic (exact) mass is 340 g/mol. The third-order valence-corrected chi connectivity index (χ3v) is 4.39. The Morgan fingerprint density at radius 2 is 2.09 bits per heavy atom. The highest BCUT2D eigenvalue weighted by molar-refractivity contribution is 7.13. The zero-order valence-corrected chi connectivity index (χ0v) is 14.6. The van der Waals surface area contributed by atoms with Gasteiger partial charge in [-0.05, 0) is 5.92 Å². The van der Waals surface area contributed by atoms with Gasteiger partial charge in [-0.1, -0.05) is 13.8 Å². The molecule has 0 saturated carbocycles. The van der Waals surface area contributed by atoms with Crippen LogP contribution in [0.3, 0.4) is 0 Å². The second kappa shape index (κ2) is 8.37. The highest BCUT2D eigenvalue weighted by atomic mass is 32.1. The lowest BCUT2D eigenvalue weighted by molar-refractivity contribution is -0.126. The maximum absolute atomic E-state index is 12.3. The van der Waals surface area contributed by atoms with Crippen LogP contribution in [0.25, 0.3) is 0 Å². The van der Waals surface area contributed by atoms with E-state index >= 15 is 0 Å². The van der Waals surface area contributed by atoms with E-state index in [1.165, 1.54) is 18.3 Å². The number of aromatic nitrogens is 1. The Bertz CT molecular complexity index is 541. The molecule has 2 N–H and O–H groups in total. The molecule has 0 unspecified atom stereocenters. The zero-order chi connectivity index (χ0) is 16.8. The molecule has 1 aliphatic rings. The number of carbonyl (C=O) groups excluding carboxylic acids is 2. The molecule has 1 aromatic heterocycles. The predicted molar refractivity (Wildman–Crippen MR) is 89.3 cm³/mol. The Morgan fingerprint density at radius 3 is 2.70 bits per heavy atom. The number of carbonyl (C=O) groups is 2. The summed E-state index contributed by atoms with van der Waals surface area (Å²) in [6.07, 6.45) is 0. The molecule has 1 aliphatic heterocycles. The van der Waals surface area contributed by atoms with Gasteiger partial charge in [-0.3, -0.25) is 14.5 Å². The number of anilines is 1. The smallest absolute Gasteiger partial charge is 0.248 e. The van der Waals surface area contributed by atoms with Crippen LogP contribution in [0.4, 0.5) is 5.13 Å². The van der Waals surface area contributed by atoms with E-state index in [1.54, 1.807) is 0 Å². The molecule has 23 heavy (non-hydrogen) atoms. The zero-order valence-electron chi connectivity index (χ0n) is 13.8. The molecule has 2 heterocycles. The molecule has 0 radical (unpaired) electrons. The van der Waals surface area contributed by atoms with Gasteiger partial charge < -0.3 is 15.4 Å². The lowest BCUT2D eigenvalue weighted by Gasteiger charge is -2.25. The average molecular weight is 340 g/mol. The molecule has 1 fully saturated rings. The van der Waals surface area contributed by atoms with Crippen LogP contribution in [0, 0.1) is 5.92 Å². The third kappa shape index (κ3) is 5.56. The van der Waals surface area contributed by atoms with Gasteiger partial charge in [-0.15, -0.1) is 11.3 Å². The number of ether oxygens (including phenoxy) is 1. The fraction of sp³-hybridized carbons (Fsp3) is 0.667. The predicted octanol–water partition coefficient (Wildman–Crippen LogP) is 1.07. The molecule has 128 valence electrons. The summed E-state index contributed by atoms with van der Waals surface area (Å²) in [5.41, 5.74) is 0.938. The molecule has 8 heteroatoms. The summed E-state index contributed by atoms with van der Waals surface area (Å²) in [5, 5.41) is 7.99. The molecular formula is C15H24N4O3S. The van der Waals surface area contributed by atoms with Crippen LogP contribution in [0.5, 0.6) is 0 Å². The number of nitrogens with one attached hydrogen (secondary N) is 2. The molecular weight excluding hydrogens is 316 g/mol. The van der Waals surface area contributed by atoms with Crippen molar-refractivity contribution >= 4 is 28.3 Å². The van der Waals surface area contributed by atoms with Gasteiger partial charge in [-0.25, -0.2) is 4.98 Å². The van der Waals surface area contributed by atoms with Crippen molar-refractivity contribution in [2.45, 2.75) is 33.4 Å². The van der Waals surface area contributed by atoms with E-state index in [0.29, 0.717) is 5.13 Å². The molecule has 0 aliphatic carbocycles. The number of nitrogens with zero attached hydrogens (tertiary/aromatic N) is 2. The third-order valence-electron chi connectivity index (χ3n) is 3.58. The van der Waals surface area contributed by atoms with E-state index in [0.717, 1.165) is 38.5 Å². The first-order chi connectivity index (χ1) is 11.0. The highest BCUT2D eigenvalue weighted by Crippen LogP contribution is 2.18. The van der Waals surface area contributed by atoms with Crippen LogP contribution < -0.4 is 10.6 Å². The van der Waals surface area contributed by atoms with E-state index in [9.17, 15) is 9.59 Å². The molecule has 1 atom stereocenters. The lowest BCUT2D eigenvalue weighted by atomic mass is 10.0. The van der Waals surface area contributed by atoms with Gasteiger partial charge in [0, 0.05) is 31.9 Å². The van der Waals surface area contributed by atoms with Crippen LogP contribution in [-0.4, -0.2) is 54.0 Å². The molecule has 0 aromatic carbocycles. The van der Waals surface area contributed by atoms with Gasteiger partial charge >= 0.3 is 0 Å². The standard InChI is InChI=1S/C15H24N4O3S/c1-10(2)13(16-11(3)20)14(21)18-15-17-12(9-23-15)8-19-4-6-22-7-5-19/h9-10,13H,4-8H2,1-3H3,(H,16,20)(H,17,18,21)/t13-/m0/s1. The van der Waals surface area contributed by atoms with E-state index in [-0.39, 0.29) is 17.7 Å². The minimum Gasteiger partial charge on any atom is -0.379 e. The summed E-state index contributed by atoms with van der Waals surface area (Å²) in [7, 11) is 0. The van der Waals surface area contributed by atoms with Crippen LogP contribution in [0.15, 0.2) is 5.38 Å². The van der Waals surface area contributed by atoms with Crippen LogP contribution in [0.1, 0.15) is 26.5 Å². The van der Waals surface area contributed by atoms with Crippen molar-refractivity contribution in [3.63, 3.8) is 0 Å². The molecule has 1 aromatic rings. The molecule has 0 spiro atoms. The molecule has 7 nitrogen and oxygen atoms in total. The van der Waals surface area contributed by atoms with Crippen molar-refractivity contribution in [1.29, 1.82) is 0 Å². The summed E-state index contributed by atoms with van der Waals surface area (Å²) < 4.78 is 5.32. The fourth-order valence-electron chi connectivity index (χ4n) is 2.36. The van der Waals surface area contributed by atoms with Crippen LogP contribution in [0.2, 0.25) is 0 Å².